The van der Waals surface area contributed by atoms with Gasteiger partial charge in [0, 0.05) is 25.4 Å². The van der Waals surface area contributed by atoms with Crippen LogP contribution in [0.1, 0.15) is 33.1 Å². The van der Waals surface area contributed by atoms with Gasteiger partial charge in [-0.3, -0.25) is 9.59 Å². The zero-order valence-corrected chi connectivity index (χ0v) is 12.5. The highest BCUT2D eigenvalue weighted by molar-refractivity contribution is 5.78. The van der Waals surface area contributed by atoms with Crippen molar-refractivity contribution in [3.05, 3.63) is 0 Å². The van der Waals surface area contributed by atoms with Crippen molar-refractivity contribution in [3.8, 4) is 0 Å². The summed E-state index contributed by atoms with van der Waals surface area (Å²) in [5.41, 5.74) is 0. The zero-order chi connectivity index (χ0) is 14.7. The largest absolute Gasteiger partial charge is 0.481 e. The molecule has 20 heavy (non-hydrogen) atoms. The van der Waals surface area contributed by atoms with E-state index in [2.05, 4.69) is 12.2 Å². The van der Waals surface area contributed by atoms with Crippen LogP contribution < -0.4 is 5.32 Å². The molecule has 114 valence electrons. The van der Waals surface area contributed by atoms with E-state index in [0.717, 1.165) is 13.1 Å². The number of nitrogens with zero attached hydrogens (tertiary/aromatic N) is 1. The average Bonchev–Trinajstić information content (AvgIpc) is 2.37. The number of carbonyl (C=O) groups is 2. The quantitative estimate of drug-likeness (QED) is 0.795. The molecule has 2 rings (SSSR count). The van der Waals surface area contributed by atoms with Crippen molar-refractivity contribution in [1.82, 2.24) is 10.2 Å². The highest BCUT2D eigenvalue weighted by Gasteiger charge is 2.37. The Bertz CT molecular complexity index is 360. The molecule has 0 aliphatic carbocycles. The van der Waals surface area contributed by atoms with E-state index in [0.29, 0.717) is 31.3 Å². The molecule has 5 heteroatoms. The van der Waals surface area contributed by atoms with Crippen molar-refractivity contribution in [2.75, 3.05) is 26.2 Å². The lowest BCUT2D eigenvalue weighted by Gasteiger charge is -2.42. The van der Waals surface area contributed by atoms with Gasteiger partial charge in [0.25, 0.3) is 0 Å². The van der Waals surface area contributed by atoms with Gasteiger partial charge in [-0.1, -0.05) is 13.8 Å². The highest BCUT2D eigenvalue weighted by Crippen LogP contribution is 2.28. The number of amides is 1. The second-order valence-corrected chi connectivity index (χ2v) is 6.47. The van der Waals surface area contributed by atoms with Gasteiger partial charge in [0.15, 0.2) is 0 Å². The van der Waals surface area contributed by atoms with Crippen molar-refractivity contribution >= 4 is 11.9 Å². The van der Waals surface area contributed by atoms with Gasteiger partial charge in [-0.15, -0.1) is 0 Å². The lowest BCUT2D eigenvalue weighted by Crippen LogP contribution is -2.54. The maximum Gasteiger partial charge on any atom is 0.306 e. The van der Waals surface area contributed by atoms with Crippen LogP contribution >= 0.6 is 0 Å². The summed E-state index contributed by atoms with van der Waals surface area (Å²) in [5.74, 6) is 0.219. The Morgan fingerprint density at radius 1 is 1.30 bits per heavy atom. The van der Waals surface area contributed by atoms with E-state index >= 15 is 0 Å². The van der Waals surface area contributed by atoms with E-state index in [1.807, 2.05) is 4.90 Å². The fraction of sp³-hybridized carbons (Fsp3) is 0.867. The van der Waals surface area contributed by atoms with E-state index in [1.54, 1.807) is 6.92 Å². The predicted molar refractivity (Wildman–Crippen MR) is 76.2 cm³/mol. The summed E-state index contributed by atoms with van der Waals surface area (Å²) in [4.78, 5) is 24.9. The van der Waals surface area contributed by atoms with Gasteiger partial charge in [0.1, 0.15) is 0 Å². The van der Waals surface area contributed by atoms with E-state index < -0.39 is 5.97 Å². The minimum absolute atomic E-state index is 0.128. The van der Waals surface area contributed by atoms with Crippen LogP contribution in [0.15, 0.2) is 0 Å². The number of hydrogen-bond acceptors (Lipinski definition) is 3. The number of carboxylic acid groups (broad SMARTS) is 1. The number of piperidine rings is 1. The van der Waals surface area contributed by atoms with E-state index in [4.69, 9.17) is 5.11 Å². The molecule has 2 aliphatic rings. The first-order chi connectivity index (χ1) is 9.49. The van der Waals surface area contributed by atoms with Gasteiger partial charge in [0.2, 0.25) is 5.91 Å². The number of aliphatic carboxylic acids is 1. The molecule has 2 saturated heterocycles. The predicted octanol–water partition coefficient (Wildman–Crippen LogP) is 1.19. The van der Waals surface area contributed by atoms with Gasteiger partial charge in [0.05, 0.1) is 5.92 Å². The standard InChI is InChI=1S/C15H26N2O3/c1-10(12-4-3-5-16-7-12)6-14(18)17-8-13(9-17)11(2)15(19)20/h10-13,16H,3-9H2,1-2H3,(H,19,20). The highest BCUT2D eigenvalue weighted by atomic mass is 16.4. The first-order valence-corrected chi connectivity index (χ1v) is 7.70. The topological polar surface area (TPSA) is 69.6 Å². The molecular formula is C15H26N2O3. The Hall–Kier alpha value is -1.10. The minimum atomic E-state index is -0.760. The van der Waals surface area contributed by atoms with E-state index in [9.17, 15) is 9.59 Å². The molecule has 1 amide bonds. The summed E-state index contributed by atoms with van der Waals surface area (Å²) in [6.07, 6.45) is 3.01. The number of rotatable bonds is 5. The molecule has 5 nitrogen and oxygen atoms in total. The molecule has 0 aromatic rings. The molecule has 0 radical (unpaired) electrons. The molecule has 0 aromatic carbocycles. The summed E-state index contributed by atoms with van der Waals surface area (Å²) in [5, 5.41) is 12.3. The van der Waals surface area contributed by atoms with E-state index in [-0.39, 0.29) is 17.7 Å². The average molecular weight is 282 g/mol. The number of carboxylic acids is 1. The van der Waals surface area contributed by atoms with Crippen LogP contribution in [-0.2, 0) is 9.59 Å². The Balaban J connectivity index is 1.72. The molecule has 2 heterocycles. The maximum atomic E-state index is 12.2. The van der Waals surface area contributed by atoms with Gasteiger partial charge < -0.3 is 15.3 Å². The van der Waals surface area contributed by atoms with Crippen LogP contribution in [0.3, 0.4) is 0 Å². The van der Waals surface area contributed by atoms with Crippen molar-refractivity contribution in [2.45, 2.75) is 33.1 Å². The molecule has 2 fully saturated rings. The summed E-state index contributed by atoms with van der Waals surface area (Å²) < 4.78 is 0. The third-order valence-corrected chi connectivity index (χ3v) is 5.00. The number of nitrogens with one attached hydrogen (secondary N) is 1. The Labute approximate surface area is 120 Å². The van der Waals surface area contributed by atoms with Crippen LogP contribution in [0.5, 0.6) is 0 Å². The number of carbonyl (C=O) groups excluding carboxylic acids is 1. The molecule has 0 aromatic heterocycles. The molecule has 2 N–H and O–H groups in total. The van der Waals surface area contributed by atoms with Crippen molar-refractivity contribution in [1.29, 1.82) is 0 Å². The second-order valence-electron chi connectivity index (χ2n) is 6.47. The first-order valence-electron chi connectivity index (χ1n) is 7.70. The summed E-state index contributed by atoms with van der Waals surface area (Å²) in [6.45, 7) is 7.23. The molecule has 0 bridgehead atoms. The second kappa shape index (κ2) is 6.57. The van der Waals surface area contributed by atoms with Crippen molar-refractivity contribution in [2.24, 2.45) is 23.7 Å². The van der Waals surface area contributed by atoms with Crippen LogP contribution in [-0.4, -0.2) is 48.1 Å². The van der Waals surface area contributed by atoms with Crippen LogP contribution in [0, 0.1) is 23.7 Å². The summed E-state index contributed by atoms with van der Waals surface area (Å²) >= 11 is 0. The van der Waals surface area contributed by atoms with Crippen LogP contribution in [0.2, 0.25) is 0 Å². The summed E-state index contributed by atoms with van der Waals surface area (Å²) in [6, 6.07) is 0. The van der Waals surface area contributed by atoms with E-state index in [1.165, 1.54) is 12.8 Å². The Morgan fingerprint density at radius 3 is 2.55 bits per heavy atom. The van der Waals surface area contributed by atoms with Gasteiger partial charge in [-0.2, -0.15) is 0 Å². The van der Waals surface area contributed by atoms with Gasteiger partial charge in [-0.25, -0.2) is 0 Å². The lowest BCUT2D eigenvalue weighted by atomic mass is 9.83. The molecule has 3 atom stereocenters. The SMILES string of the molecule is CC(CC(=O)N1CC(C(C)C(=O)O)C1)C1CCCNC1. The normalized spacial score (nSPS) is 26.7. The Kier molecular flexibility index (Phi) is 5.02. The zero-order valence-electron chi connectivity index (χ0n) is 12.5. The Morgan fingerprint density at radius 2 is 2.00 bits per heavy atom. The number of hydrogen-bond donors (Lipinski definition) is 2. The first kappa shape index (κ1) is 15.3. The minimum Gasteiger partial charge on any atom is -0.481 e. The maximum absolute atomic E-state index is 12.2. The van der Waals surface area contributed by atoms with Gasteiger partial charge >= 0.3 is 5.97 Å². The molecule has 2 aliphatic heterocycles. The molecule has 0 saturated carbocycles. The van der Waals surface area contributed by atoms with Crippen molar-refractivity contribution < 1.29 is 14.7 Å². The summed E-state index contributed by atoms with van der Waals surface area (Å²) in [7, 11) is 0. The lowest BCUT2D eigenvalue weighted by molar-refractivity contribution is -0.151. The van der Waals surface area contributed by atoms with Crippen LogP contribution in [0.4, 0.5) is 0 Å². The fourth-order valence-electron chi connectivity index (χ4n) is 3.17. The molecule has 3 unspecified atom stereocenters. The monoisotopic (exact) mass is 282 g/mol. The fourth-order valence-corrected chi connectivity index (χ4v) is 3.17. The third kappa shape index (κ3) is 3.51. The van der Waals surface area contributed by atoms with Crippen LogP contribution in [0.25, 0.3) is 0 Å². The number of likely N-dealkylation sites (tertiary alicyclic amines) is 1. The smallest absolute Gasteiger partial charge is 0.306 e. The van der Waals surface area contributed by atoms with Crippen molar-refractivity contribution in [3.63, 3.8) is 0 Å². The molecule has 0 spiro atoms. The van der Waals surface area contributed by atoms with Gasteiger partial charge in [-0.05, 0) is 37.8 Å². The molecular weight excluding hydrogens is 256 g/mol. The third-order valence-electron chi connectivity index (χ3n) is 5.00.